The fourth-order valence-corrected chi connectivity index (χ4v) is 3.89. The first-order chi connectivity index (χ1) is 18.8. The van der Waals surface area contributed by atoms with E-state index >= 15 is 0 Å². The van der Waals surface area contributed by atoms with Gasteiger partial charge < -0.3 is 25.6 Å². The highest BCUT2D eigenvalue weighted by molar-refractivity contribution is 6.03. The van der Waals surface area contributed by atoms with Crippen LogP contribution in [0.25, 0.3) is 22.3 Å². The van der Waals surface area contributed by atoms with Crippen molar-refractivity contribution in [2.45, 2.75) is 0 Å². The molecule has 4 aromatic rings. The molecular weight excluding hydrogens is 500 g/mol. The van der Waals surface area contributed by atoms with Crippen molar-refractivity contribution in [2.24, 2.45) is 0 Å². The molecule has 9 heteroatoms. The number of hydrogen-bond acceptors (Lipinski definition) is 5. The van der Waals surface area contributed by atoms with Crippen LogP contribution in [0.2, 0.25) is 0 Å². The molecule has 0 radical (unpaired) electrons. The summed E-state index contributed by atoms with van der Waals surface area (Å²) in [7, 11) is 0. The number of benzene rings is 4. The van der Waals surface area contributed by atoms with Crippen molar-refractivity contribution in [2.75, 3.05) is 23.8 Å². The molecule has 0 fully saturated rings. The molecule has 0 aliphatic heterocycles. The molecule has 196 valence electrons. The minimum atomic E-state index is -1.21. The quantitative estimate of drug-likeness (QED) is 0.228. The van der Waals surface area contributed by atoms with E-state index in [0.717, 1.165) is 11.1 Å². The second-order valence-electron chi connectivity index (χ2n) is 8.45. The van der Waals surface area contributed by atoms with Gasteiger partial charge in [0.1, 0.15) is 13.2 Å². The van der Waals surface area contributed by atoms with Crippen molar-refractivity contribution in [1.29, 1.82) is 0 Å². The van der Waals surface area contributed by atoms with Crippen LogP contribution in [0.4, 0.5) is 11.4 Å². The van der Waals surface area contributed by atoms with Crippen LogP contribution in [-0.2, 0) is 14.3 Å². The maximum atomic E-state index is 12.4. The Hall–Kier alpha value is -5.28. The van der Waals surface area contributed by atoms with Crippen LogP contribution in [0.3, 0.4) is 0 Å². The Labute approximate surface area is 223 Å². The number of hydrogen-bond donors (Lipinski definition) is 4. The van der Waals surface area contributed by atoms with Gasteiger partial charge in [0.05, 0.1) is 22.5 Å². The van der Waals surface area contributed by atoms with Gasteiger partial charge in [-0.25, -0.2) is 9.59 Å². The minimum absolute atomic E-state index is 0.0878. The zero-order valence-electron chi connectivity index (χ0n) is 20.6. The number of ether oxygens (including phenoxy) is 1. The zero-order chi connectivity index (χ0) is 27.8. The van der Waals surface area contributed by atoms with Crippen LogP contribution in [0.1, 0.15) is 20.7 Å². The average Bonchev–Trinajstić information content (AvgIpc) is 2.94. The Morgan fingerprint density at radius 1 is 0.538 bits per heavy atom. The molecule has 4 aromatic carbocycles. The highest BCUT2D eigenvalue weighted by atomic mass is 16.5. The average molecular weight is 525 g/mol. The maximum absolute atomic E-state index is 12.4. The van der Waals surface area contributed by atoms with Gasteiger partial charge in [-0.1, -0.05) is 72.8 Å². The molecule has 0 aliphatic carbocycles. The van der Waals surface area contributed by atoms with Crippen LogP contribution >= 0.6 is 0 Å². The monoisotopic (exact) mass is 524 g/mol. The lowest BCUT2D eigenvalue weighted by atomic mass is 10.0. The number of carboxylic acids is 2. The smallest absolute Gasteiger partial charge is 0.337 e. The summed E-state index contributed by atoms with van der Waals surface area (Å²) >= 11 is 0. The van der Waals surface area contributed by atoms with E-state index in [2.05, 4.69) is 10.6 Å². The van der Waals surface area contributed by atoms with Crippen LogP contribution in [-0.4, -0.2) is 47.2 Å². The Kier molecular flexibility index (Phi) is 8.45. The predicted molar refractivity (Wildman–Crippen MR) is 146 cm³/mol. The zero-order valence-corrected chi connectivity index (χ0v) is 20.6. The fourth-order valence-electron chi connectivity index (χ4n) is 3.89. The van der Waals surface area contributed by atoms with Gasteiger partial charge in [0.2, 0.25) is 11.8 Å². The molecule has 0 aromatic heterocycles. The van der Waals surface area contributed by atoms with E-state index in [4.69, 9.17) is 4.74 Å². The number of amides is 2. The fraction of sp³-hybridized carbons (Fsp3) is 0.0667. The van der Waals surface area contributed by atoms with Crippen molar-refractivity contribution in [1.82, 2.24) is 0 Å². The van der Waals surface area contributed by atoms with Crippen LogP contribution in [0.15, 0.2) is 97.1 Å². The normalized spacial score (nSPS) is 10.5. The van der Waals surface area contributed by atoms with Crippen molar-refractivity contribution >= 4 is 35.1 Å². The molecule has 4 rings (SSSR count). The highest BCUT2D eigenvalue weighted by Gasteiger charge is 2.17. The molecular formula is C30H24N2O7. The standard InChI is InChI=1S/C30H24N2O7/c33-27(31-25-13-11-21(15-23(25)29(35)36)19-7-3-1-4-8-19)17-39-18-28(34)32-26-14-12-22(16-24(26)30(37)38)20-9-5-2-6-10-20/h1-16H,17-18H2,(H,31,33)(H,32,34)(H,35,36)(H,37,38). The summed E-state index contributed by atoms with van der Waals surface area (Å²) in [6, 6.07) is 27.7. The summed E-state index contributed by atoms with van der Waals surface area (Å²) in [5.74, 6) is -3.74. The molecule has 0 bridgehead atoms. The Morgan fingerprint density at radius 3 is 1.28 bits per heavy atom. The molecule has 0 heterocycles. The van der Waals surface area contributed by atoms with Crippen LogP contribution in [0, 0.1) is 0 Å². The van der Waals surface area contributed by atoms with Crippen molar-refractivity contribution in [3.8, 4) is 22.3 Å². The lowest BCUT2D eigenvalue weighted by molar-refractivity contribution is -0.125. The summed E-state index contributed by atoms with van der Waals surface area (Å²) in [6.45, 7) is -1.04. The maximum Gasteiger partial charge on any atom is 0.337 e. The number of anilines is 2. The number of rotatable bonds is 10. The molecule has 0 atom stereocenters. The van der Waals surface area contributed by atoms with Gasteiger partial charge in [0.15, 0.2) is 0 Å². The first-order valence-corrected chi connectivity index (χ1v) is 11.8. The van der Waals surface area contributed by atoms with E-state index in [0.29, 0.717) is 11.1 Å². The van der Waals surface area contributed by atoms with Gasteiger partial charge in [-0.3, -0.25) is 9.59 Å². The van der Waals surface area contributed by atoms with Gasteiger partial charge in [0.25, 0.3) is 0 Å². The molecule has 0 aliphatic rings. The summed E-state index contributed by atoms with van der Waals surface area (Å²) in [5, 5.41) is 24.2. The molecule has 0 saturated carbocycles. The lowest BCUT2D eigenvalue weighted by Gasteiger charge is -2.12. The number of carbonyl (C=O) groups excluding carboxylic acids is 2. The third-order valence-corrected chi connectivity index (χ3v) is 5.73. The first-order valence-electron chi connectivity index (χ1n) is 11.8. The Balaban J connectivity index is 1.34. The van der Waals surface area contributed by atoms with E-state index in [-0.39, 0.29) is 22.5 Å². The van der Waals surface area contributed by atoms with Crippen molar-refractivity contribution < 1.29 is 34.1 Å². The molecule has 2 amide bonds. The largest absolute Gasteiger partial charge is 0.478 e. The van der Waals surface area contributed by atoms with Gasteiger partial charge in [-0.15, -0.1) is 0 Å². The van der Waals surface area contributed by atoms with Crippen molar-refractivity contribution in [3.05, 3.63) is 108 Å². The summed E-state index contributed by atoms with van der Waals surface area (Å²) in [6.07, 6.45) is 0. The molecule has 9 nitrogen and oxygen atoms in total. The highest BCUT2D eigenvalue weighted by Crippen LogP contribution is 2.26. The van der Waals surface area contributed by atoms with Gasteiger partial charge in [-0.2, -0.15) is 0 Å². The molecule has 0 spiro atoms. The second-order valence-corrected chi connectivity index (χ2v) is 8.45. The molecule has 39 heavy (non-hydrogen) atoms. The van der Waals surface area contributed by atoms with E-state index in [1.165, 1.54) is 24.3 Å². The lowest BCUT2D eigenvalue weighted by Crippen LogP contribution is -2.25. The minimum Gasteiger partial charge on any atom is -0.478 e. The van der Waals surface area contributed by atoms with Crippen molar-refractivity contribution in [3.63, 3.8) is 0 Å². The number of aromatic carboxylic acids is 2. The van der Waals surface area contributed by atoms with E-state index in [1.54, 1.807) is 12.1 Å². The SMILES string of the molecule is O=C(COCC(=O)Nc1ccc(-c2ccccc2)cc1C(=O)O)Nc1ccc(-c2ccccc2)cc1C(=O)O. The molecule has 0 unspecified atom stereocenters. The summed E-state index contributed by atoms with van der Waals surface area (Å²) in [4.78, 5) is 48.2. The predicted octanol–water partition coefficient (Wildman–Crippen LogP) is 5.01. The molecule has 0 saturated heterocycles. The van der Waals surface area contributed by atoms with Gasteiger partial charge >= 0.3 is 11.9 Å². The Bertz CT molecular complexity index is 1400. The first kappa shape index (κ1) is 26.8. The van der Waals surface area contributed by atoms with E-state index in [9.17, 15) is 29.4 Å². The van der Waals surface area contributed by atoms with E-state index in [1.807, 2.05) is 60.7 Å². The van der Waals surface area contributed by atoms with Crippen LogP contribution in [0.5, 0.6) is 0 Å². The third-order valence-electron chi connectivity index (χ3n) is 5.73. The third kappa shape index (κ3) is 6.94. The second kappa shape index (κ2) is 12.3. The number of carbonyl (C=O) groups is 4. The topological polar surface area (TPSA) is 142 Å². The summed E-state index contributed by atoms with van der Waals surface area (Å²) in [5.41, 5.74) is 2.99. The molecule has 4 N–H and O–H groups in total. The van der Waals surface area contributed by atoms with Gasteiger partial charge in [0, 0.05) is 0 Å². The Morgan fingerprint density at radius 2 is 0.923 bits per heavy atom. The number of nitrogens with one attached hydrogen (secondary N) is 2. The van der Waals surface area contributed by atoms with Crippen LogP contribution < -0.4 is 10.6 Å². The number of carboxylic acid groups (broad SMARTS) is 2. The van der Waals surface area contributed by atoms with Gasteiger partial charge in [-0.05, 0) is 46.5 Å². The summed E-state index contributed by atoms with van der Waals surface area (Å²) < 4.78 is 5.17. The van der Waals surface area contributed by atoms with E-state index < -0.39 is 37.0 Å².